The van der Waals surface area contributed by atoms with Crippen molar-refractivity contribution in [3.8, 4) is 0 Å². The lowest BCUT2D eigenvalue weighted by molar-refractivity contribution is -0.134. The number of alkyl halides is 2. The Bertz CT molecular complexity index is 369. The number of hydrogen-bond donors (Lipinski definition) is 0. The number of ketones is 1. The normalized spacial score (nSPS) is 26.1. The number of carbonyl (C=O) groups is 2. The van der Waals surface area contributed by atoms with E-state index in [0.717, 1.165) is 13.1 Å². The summed E-state index contributed by atoms with van der Waals surface area (Å²) >= 11 is 4.55. The molecule has 1 fully saturated rings. The fourth-order valence-electron chi connectivity index (χ4n) is 1.74. The summed E-state index contributed by atoms with van der Waals surface area (Å²) in [6, 6.07) is 0. The van der Waals surface area contributed by atoms with Crippen LogP contribution in [-0.4, -0.2) is 62.5 Å². The molecule has 7 heteroatoms. The molecule has 0 spiro atoms. The Balaban J connectivity index is 2.53. The van der Waals surface area contributed by atoms with Crippen LogP contribution >= 0.6 is 45.2 Å². The van der Waals surface area contributed by atoms with Crippen LogP contribution in [0.4, 0.5) is 0 Å². The second-order valence-corrected chi connectivity index (χ2v) is 10.6. The van der Waals surface area contributed by atoms with E-state index in [9.17, 15) is 9.59 Å². The van der Waals surface area contributed by atoms with Gasteiger partial charge in [0.15, 0.2) is 5.78 Å². The smallest absolute Gasteiger partial charge is 0.215 e. The SMILES string of the molecule is BCC(=O)N(CCN1CC1(C)I)CC(=O)C(C)(C)I. The van der Waals surface area contributed by atoms with Gasteiger partial charge < -0.3 is 4.90 Å². The number of rotatable bonds is 7. The first-order valence-electron chi connectivity index (χ1n) is 6.52. The van der Waals surface area contributed by atoms with Crippen LogP contribution in [0.2, 0.25) is 6.32 Å². The van der Waals surface area contributed by atoms with Crippen LogP contribution in [0.3, 0.4) is 0 Å². The zero-order valence-corrected chi connectivity index (χ0v) is 16.3. The molecule has 1 saturated heterocycles. The maximum atomic E-state index is 12.1. The molecule has 0 aromatic carbocycles. The summed E-state index contributed by atoms with van der Waals surface area (Å²) in [4.78, 5) is 28.0. The van der Waals surface area contributed by atoms with E-state index >= 15 is 0 Å². The van der Waals surface area contributed by atoms with Crippen molar-refractivity contribution in [2.75, 3.05) is 26.2 Å². The minimum atomic E-state index is -0.415. The van der Waals surface area contributed by atoms with Gasteiger partial charge in [0.2, 0.25) is 5.91 Å². The maximum Gasteiger partial charge on any atom is 0.215 e. The van der Waals surface area contributed by atoms with Crippen molar-refractivity contribution in [3.63, 3.8) is 0 Å². The molecule has 1 rings (SSSR count). The second-order valence-electron chi connectivity index (χ2n) is 5.63. The number of amides is 1. The van der Waals surface area contributed by atoms with Gasteiger partial charge in [-0.05, 0) is 27.1 Å². The molecule has 0 aliphatic carbocycles. The van der Waals surface area contributed by atoms with E-state index in [4.69, 9.17) is 0 Å². The van der Waals surface area contributed by atoms with Gasteiger partial charge in [0, 0.05) is 19.6 Å². The molecule has 1 aliphatic heterocycles. The van der Waals surface area contributed by atoms with Crippen LogP contribution in [0.15, 0.2) is 0 Å². The Labute approximate surface area is 143 Å². The molecule has 0 aromatic rings. The van der Waals surface area contributed by atoms with E-state index < -0.39 is 3.42 Å². The maximum absolute atomic E-state index is 12.1. The topological polar surface area (TPSA) is 40.4 Å². The summed E-state index contributed by atoms with van der Waals surface area (Å²) in [6.45, 7) is 8.73. The van der Waals surface area contributed by atoms with Crippen LogP contribution in [0.1, 0.15) is 20.8 Å². The lowest BCUT2D eigenvalue weighted by Crippen LogP contribution is -2.43. The molecule has 0 aromatic heterocycles. The van der Waals surface area contributed by atoms with Crippen molar-refractivity contribution in [1.82, 2.24) is 9.80 Å². The van der Waals surface area contributed by atoms with Gasteiger partial charge in [-0.15, -0.1) is 0 Å². The van der Waals surface area contributed by atoms with Crippen molar-refractivity contribution >= 4 is 64.7 Å². The van der Waals surface area contributed by atoms with Crippen molar-refractivity contribution in [1.29, 1.82) is 0 Å². The summed E-state index contributed by atoms with van der Waals surface area (Å²) in [7, 11) is 1.84. The monoisotopic (exact) mass is 490 g/mol. The van der Waals surface area contributed by atoms with Crippen LogP contribution in [0, 0.1) is 0 Å². The second kappa shape index (κ2) is 6.59. The highest BCUT2D eigenvalue weighted by Crippen LogP contribution is 2.37. The highest BCUT2D eigenvalue weighted by atomic mass is 127. The van der Waals surface area contributed by atoms with E-state index in [2.05, 4.69) is 57.0 Å². The molecule has 0 radical (unpaired) electrons. The Hall–Kier alpha value is 0.625. The van der Waals surface area contributed by atoms with E-state index in [0.29, 0.717) is 12.9 Å². The predicted molar refractivity (Wildman–Crippen MR) is 97.0 cm³/mol. The molecule has 0 bridgehead atoms. The molecular formula is C12H21BI2N2O2. The average Bonchev–Trinajstić information content (AvgIpc) is 2.89. The molecular weight excluding hydrogens is 469 g/mol. The quantitative estimate of drug-likeness (QED) is 0.177. The van der Waals surface area contributed by atoms with Crippen LogP contribution in [0.25, 0.3) is 0 Å². The zero-order valence-electron chi connectivity index (χ0n) is 12.0. The van der Waals surface area contributed by atoms with Gasteiger partial charge in [-0.25, -0.2) is 0 Å². The Morgan fingerprint density at radius 2 is 2.00 bits per heavy atom. The van der Waals surface area contributed by atoms with Crippen LogP contribution < -0.4 is 0 Å². The summed E-state index contributed by atoms with van der Waals surface area (Å²) in [5.41, 5.74) is 0. The molecule has 0 N–H and O–H groups in total. The molecule has 0 saturated carbocycles. The van der Waals surface area contributed by atoms with E-state index in [1.165, 1.54) is 0 Å². The molecule has 108 valence electrons. The first-order valence-corrected chi connectivity index (χ1v) is 8.67. The van der Waals surface area contributed by atoms with Crippen molar-refractivity contribution in [2.24, 2.45) is 0 Å². The third kappa shape index (κ3) is 5.49. The summed E-state index contributed by atoms with van der Waals surface area (Å²) in [6.07, 6.45) is 0.455. The van der Waals surface area contributed by atoms with Gasteiger partial charge in [0.05, 0.1) is 13.5 Å². The van der Waals surface area contributed by atoms with Gasteiger partial charge in [-0.1, -0.05) is 45.2 Å². The largest absolute Gasteiger partial charge is 0.335 e. The molecule has 1 aliphatic rings. The van der Waals surface area contributed by atoms with Gasteiger partial charge in [-0.3, -0.25) is 14.5 Å². The Morgan fingerprint density at radius 3 is 2.37 bits per heavy atom. The first-order chi connectivity index (χ1) is 8.58. The van der Waals surface area contributed by atoms with E-state index in [1.807, 2.05) is 21.7 Å². The van der Waals surface area contributed by atoms with Gasteiger partial charge >= 0.3 is 0 Å². The van der Waals surface area contributed by atoms with E-state index in [1.54, 1.807) is 4.90 Å². The summed E-state index contributed by atoms with van der Waals surface area (Å²) in [5, 5.41) is 0. The predicted octanol–water partition coefficient (Wildman–Crippen LogP) is 1.12. The zero-order chi connectivity index (χ0) is 14.8. The van der Waals surface area contributed by atoms with Crippen LogP contribution in [0.5, 0.6) is 0 Å². The Morgan fingerprint density at radius 1 is 1.47 bits per heavy atom. The third-order valence-corrected chi connectivity index (χ3v) is 4.95. The number of carbonyl (C=O) groups excluding carboxylic acids is 2. The summed E-state index contributed by atoms with van der Waals surface area (Å²) < 4.78 is -0.174. The highest BCUT2D eigenvalue weighted by Gasteiger charge is 2.44. The minimum absolute atomic E-state index is 0.0611. The molecule has 2 atom stereocenters. The third-order valence-electron chi connectivity index (χ3n) is 3.33. The number of halogens is 2. The van der Waals surface area contributed by atoms with Gasteiger partial charge in [0.25, 0.3) is 0 Å². The van der Waals surface area contributed by atoms with Crippen molar-refractivity contribution < 1.29 is 9.59 Å². The van der Waals surface area contributed by atoms with Crippen molar-refractivity contribution in [2.45, 2.75) is 34.1 Å². The standard InChI is InChI=1S/C12H21BI2N2O2/c1-11(2,14)9(18)7-16(10(19)6-13)4-5-17-8-12(17,3)15/h4-8,13H2,1-3H3. The molecule has 2 unspecified atom stereocenters. The molecule has 4 nitrogen and oxygen atoms in total. The number of Topliss-reactive ketones (excluding diaryl/α,β-unsaturated/α-hetero) is 1. The molecule has 19 heavy (non-hydrogen) atoms. The highest BCUT2D eigenvalue weighted by molar-refractivity contribution is 14.1. The van der Waals surface area contributed by atoms with Gasteiger partial charge in [-0.2, -0.15) is 0 Å². The lowest BCUT2D eigenvalue weighted by atomic mass is 10.0. The Kier molecular flexibility index (Phi) is 6.13. The minimum Gasteiger partial charge on any atom is -0.335 e. The number of hydrogen-bond acceptors (Lipinski definition) is 3. The van der Waals surface area contributed by atoms with Gasteiger partial charge in [0.1, 0.15) is 7.85 Å². The summed E-state index contributed by atoms with van der Waals surface area (Å²) in [5.74, 6) is 0.170. The lowest BCUT2D eigenvalue weighted by Gasteiger charge is -2.25. The molecule has 1 amide bonds. The van der Waals surface area contributed by atoms with E-state index in [-0.39, 0.29) is 21.8 Å². The molecule has 1 heterocycles. The number of nitrogens with zero attached hydrogens (tertiary/aromatic N) is 2. The first kappa shape index (κ1) is 17.7. The fourth-order valence-corrected chi connectivity index (χ4v) is 2.57. The van der Waals surface area contributed by atoms with Crippen LogP contribution in [-0.2, 0) is 9.59 Å². The fraction of sp³-hybridized carbons (Fsp3) is 0.833. The van der Waals surface area contributed by atoms with Crippen molar-refractivity contribution in [3.05, 3.63) is 0 Å². The average molecular weight is 490 g/mol.